The molecule has 2 amide bonds. The Morgan fingerprint density at radius 2 is 1.79 bits per heavy atom. The molecule has 0 spiro atoms. The summed E-state index contributed by atoms with van der Waals surface area (Å²) in [6.07, 6.45) is 8.27. The Morgan fingerprint density at radius 3 is 2.42 bits per heavy atom. The van der Waals surface area contributed by atoms with Crippen LogP contribution in [0.2, 0.25) is 0 Å². The van der Waals surface area contributed by atoms with Gasteiger partial charge in [0.1, 0.15) is 5.82 Å². The van der Waals surface area contributed by atoms with E-state index in [-0.39, 0.29) is 11.4 Å². The first-order valence-electron chi connectivity index (χ1n) is 9.06. The number of likely N-dealkylation sites (tertiary alicyclic amines) is 2. The molecule has 132 valence electrons. The number of hydrogen-bond donors (Lipinski definition) is 1. The summed E-state index contributed by atoms with van der Waals surface area (Å²) in [4.78, 5) is 25.8. The molecule has 0 radical (unpaired) electrons. The third-order valence-corrected chi connectivity index (χ3v) is 4.91. The number of rotatable bonds is 2. The van der Waals surface area contributed by atoms with Crippen molar-refractivity contribution in [2.24, 2.45) is 0 Å². The van der Waals surface area contributed by atoms with Crippen LogP contribution in [0.5, 0.6) is 0 Å². The molecule has 2 aliphatic rings. The minimum absolute atomic E-state index is 0.0361. The lowest BCUT2D eigenvalue weighted by Crippen LogP contribution is -2.50. The molecule has 2 aliphatic heterocycles. The van der Waals surface area contributed by atoms with Crippen molar-refractivity contribution in [3.05, 3.63) is 18.2 Å². The van der Waals surface area contributed by atoms with Crippen LogP contribution in [0, 0.1) is 0 Å². The SMILES string of the molecule is CC(C)(C)c1ncc(NC(=O)N2CCCC(N3CCCC3)C2)cn1. The van der Waals surface area contributed by atoms with Gasteiger partial charge in [0.05, 0.1) is 18.1 Å². The van der Waals surface area contributed by atoms with E-state index in [1.807, 2.05) is 4.90 Å². The fourth-order valence-electron chi connectivity index (χ4n) is 3.53. The number of carbonyl (C=O) groups excluding carboxylic acids is 1. The normalized spacial score (nSPS) is 22.6. The molecule has 6 nitrogen and oxygen atoms in total. The number of amides is 2. The fraction of sp³-hybridized carbons (Fsp3) is 0.722. The lowest BCUT2D eigenvalue weighted by atomic mass is 9.96. The zero-order valence-electron chi connectivity index (χ0n) is 15.1. The second-order valence-corrected chi connectivity index (χ2v) is 7.96. The number of hydrogen-bond acceptors (Lipinski definition) is 4. The largest absolute Gasteiger partial charge is 0.323 e. The predicted molar refractivity (Wildman–Crippen MR) is 95.2 cm³/mol. The summed E-state index contributed by atoms with van der Waals surface area (Å²) in [5.41, 5.74) is 0.578. The smallest absolute Gasteiger partial charge is 0.321 e. The second kappa shape index (κ2) is 7.05. The molecule has 1 N–H and O–H groups in total. The number of nitrogens with zero attached hydrogens (tertiary/aromatic N) is 4. The highest BCUT2D eigenvalue weighted by Gasteiger charge is 2.29. The van der Waals surface area contributed by atoms with E-state index in [1.165, 1.54) is 32.4 Å². The van der Waals surface area contributed by atoms with Crippen molar-refractivity contribution in [3.63, 3.8) is 0 Å². The minimum Gasteiger partial charge on any atom is -0.323 e. The van der Waals surface area contributed by atoms with Gasteiger partial charge in [-0.1, -0.05) is 20.8 Å². The van der Waals surface area contributed by atoms with Crippen LogP contribution < -0.4 is 5.32 Å². The quantitative estimate of drug-likeness (QED) is 0.905. The molecule has 1 atom stereocenters. The van der Waals surface area contributed by atoms with Crippen molar-refractivity contribution in [2.75, 3.05) is 31.5 Å². The molecule has 0 bridgehead atoms. The van der Waals surface area contributed by atoms with Gasteiger partial charge < -0.3 is 10.2 Å². The lowest BCUT2D eigenvalue weighted by molar-refractivity contribution is 0.132. The summed E-state index contributed by atoms with van der Waals surface area (Å²) in [6.45, 7) is 10.3. The van der Waals surface area contributed by atoms with Gasteiger partial charge in [-0.25, -0.2) is 14.8 Å². The van der Waals surface area contributed by atoms with Crippen molar-refractivity contribution in [2.45, 2.75) is 57.9 Å². The van der Waals surface area contributed by atoms with Crippen LogP contribution in [0.15, 0.2) is 12.4 Å². The van der Waals surface area contributed by atoms with E-state index in [1.54, 1.807) is 12.4 Å². The van der Waals surface area contributed by atoms with Gasteiger partial charge in [0.15, 0.2) is 0 Å². The van der Waals surface area contributed by atoms with Crippen LogP contribution in [0.4, 0.5) is 10.5 Å². The van der Waals surface area contributed by atoms with E-state index >= 15 is 0 Å². The first kappa shape index (κ1) is 17.1. The van der Waals surface area contributed by atoms with Gasteiger partial charge in [-0.05, 0) is 38.8 Å². The number of nitrogens with one attached hydrogen (secondary N) is 1. The van der Waals surface area contributed by atoms with Crippen LogP contribution in [-0.2, 0) is 5.41 Å². The summed E-state index contributed by atoms with van der Waals surface area (Å²) in [6, 6.07) is 0.484. The molecule has 0 saturated carbocycles. The molecular formula is C18H29N5O. The van der Waals surface area contributed by atoms with Gasteiger partial charge in [0, 0.05) is 24.5 Å². The summed E-state index contributed by atoms with van der Waals surface area (Å²) in [5, 5.41) is 2.94. The van der Waals surface area contributed by atoms with E-state index < -0.39 is 0 Å². The Hall–Kier alpha value is -1.69. The average molecular weight is 331 g/mol. The van der Waals surface area contributed by atoms with Gasteiger partial charge in [-0.15, -0.1) is 0 Å². The van der Waals surface area contributed by atoms with Gasteiger partial charge in [0.25, 0.3) is 0 Å². The average Bonchev–Trinajstić information content (AvgIpc) is 3.09. The molecule has 3 heterocycles. The Kier molecular flexibility index (Phi) is 5.04. The zero-order chi connectivity index (χ0) is 17.2. The Labute approximate surface area is 144 Å². The van der Waals surface area contributed by atoms with Crippen molar-refractivity contribution in [3.8, 4) is 0 Å². The number of aromatic nitrogens is 2. The molecule has 6 heteroatoms. The topological polar surface area (TPSA) is 61.4 Å². The van der Waals surface area contributed by atoms with Crippen LogP contribution in [-0.4, -0.2) is 58.0 Å². The van der Waals surface area contributed by atoms with Crippen molar-refractivity contribution >= 4 is 11.7 Å². The van der Waals surface area contributed by atoms with Crippen molar-refractivity contribution in [1.29, 1.82) is 0 Å². The first-order chi connectivity index (χ1) is 11.4. The summed E-state index contributed by atoms with van der Waals surface area (Å²) < 4.78 is 0. The fourth-order valence-corrected chi connectivity index (χ4v) is 3.53. The molecule has 0 aromatic carbocycles. The van der Waals surface area contributed by atoms with Gasteiger partial charge >= 0.3 is 6.03 Å². The molecular weight excluding hydrogens is 302 g/mol. The van der Waals surface area contributed by atoms with Gasteiger partial charge in [0.2, 0.25) is 0 Å². The third-order valence-electron chi connectivity index (χ3n) is 4.91. The Balaban J connectivity index is 1.57. The van der Waals surface area contributed by atoms with E-state index in [0.29, 0.717) is 11.7 Å². The highest BCUT2D eigenvalue weighted by molar-refractivity contribution is 5.89. The maximum Gasteiger partial charge on any atom is 0.321 e. The highest BCUT2D eigenvalue weighted by atomic mass is 16.2. The van der Waals surface area contributed by atoms with Crippen LogP contribution in [0.25, 0.3) is 0 Å². The molecule has 2 fully saturated rings. The molecule has 2 saturated heterocycles. The predicted octanol–water partition coefficient (Wildman–Crippen LogP) is 2.87. The minimum atomic E-state index is -0.0850. The highest BCUT2D eigenvalue weighted by Crippen LogP contribution is 2.21. The number of urea groups is 1. The molecule has 1 unspecified atom stereocenters. The molecule has 1 aromatic rings. The molecule has 24 heavy (non-hydrogen) atoms. The zero-order valence-corrected chi connectivity index (χ0v) is 15.1. The molecule has 3 rings (SSSR count). The molecule has 0 aliphatic carbocycles. The number of anilines is 1. The monoisotopic (exact) mass is 331 g/mol. The number of piperidine rings is 1. The third kappa shape index (κ3) is 4.04. The Morgan fingerprint density at radius 1 is 1.12 bits per heavy atom. The van der Waals surface area contributed by atoms with E-state index in [2.05, 4.69) is 41.0 Å². The van der Waals surface area contributed by atoms with E-state index in [9.17, 15) is 4.79 Å². The maximum absolute atomic E-state index is 12.6. The van der Waals surface area contributed by atoms with Crippen LogP contribution >= 0.6 is 0 Å². The maximum atomic E-state index is 12.6. The van der Waals surface area contributed by atoms with Crippen molar-refractivity contribution < 1.29 is 4.79 Å². The summed E-state index contributed by atoms with van der Waals surface area (Å²) in [5.74, 6) is 0.785. The summed E-state index contributed by atoms with van der Waals surface area (Å²) in [7, 11) is 0. The van der Waals surface area contributed by atoms with Gasteiger partial charge in [-0.3, -0.25) is 4.90 Å². The second-order valence-electron chi connectivity index (χ2n) is 7.96. The van der Waals surface area contributed by atoms with Crippen LogP contribution in [0.3, 0.4) is 0 Å². The van der Waals surface area contributed by atoms with E-state index in [0.717, 1.165) is 25.3 Å². The summed E-state index contributed by atoms with van der Waals surface area (Å²) >= 11 is 0. The van der Waals surface area contributed by atoms with E-state index in [4.69, 9.17) is 0 Å². The molecule has 1 aromatic heterocycles. The van der Waals surface area contributed by atoms with Crippen molar-refractivity contribution in [1.82, 2.24) is 19.8 Å². The Bertz CT molecular complexity index is 560. The van der Waals surface area contributed by atoms with Gasteiger partial charge in [-0.2, -0.15) is 0 Å². The lowest BCUT2D eigenvalue weighted by Gasteiger charge is -2.37. The first-order valence-corrected chi connectivity index (χ1v) is 9.06. The standard InChI is InChI=1S/C18H29N5O/c1-18(2,3)16-19-11-14(12-20-16)21-17(24)23-10-6-7-15(13-23)22-8-4-5-9-22/h11-12,15H,4-10,13H2,1-3H3,(H,21,24). The van der Waals surface area contributed by atoms with Crippen LogP contribution in [0.1, 0.15) is 52.3 Å². The number of carbonyl (C=O) groups is 1.